The van der Waals surface area contributed by atoms with Crippen LogP contribution in [0.4, 0.5) is 11.4 Å². The number of nitrogens with two attached hydrogens (primary N) is 1. The van der Waals surface area contributed by atoms with Crippen LogP contribution in [0.1, 0.15) is 10.4 Å². The van der Waals surface area contributed by atoms with Crippen molar-refractivity contribution in [3.63, 3.8) is 0 Å². The first-order valence-electron chi connectivity index (χ1n) is 4.81. The molecule has 2 aromatic rings. The number of benzene rings is 1. The first kappa shape index (κ1) is 10.2. The van der Waals surface area contributed by atoms with E-state index >= 15 is 0 Å². The van der Waals surface area contributed by atoms with E-state index < -0.39 is 0 Å². The Morgan fingerprint density at radius 3 is 2.81 bits per heavy atom. The molecule has 5 heteroatoms. The minimum absolute atomic E-state index is 0.217. The fourth-order valence-corrected chi connectivity index (χ4v) is 1.34. The Morgan fingerprint density at radius 1 is 1.44 bits per heavy atom. The Kier molecular flexibility index (Phi) is 2.59. The first-order valence-corrected chi connectivity index (χ1v) is 4.81. The van der Waals surface area contributed by atoms with Crippen molar-refractivity contribution >= 4 is 17.3 Å². The van der Waals surface area contributed by atoms with Crippen LogP contribution in [0.25, 0.3) is 0 Å². The largest absolute Gasteiger partial charge is 0.397 e. The van der Waals surface area contributed by atoms with Gasteiger partial charge in [0.15, 0.2) is 0 Å². The molecule has 0 unspecified atom stereocenters. The van der Waals surface area contributed by atoms with E-state index in [9.17, 15) is 4.79 Å². The number of carbonyl (C=O) groups is 1. The molecule has 82 valence electrons. The second kappa shape index (κ2) is 4.06. The van der Waals surface area contributed by atoms with Gasteiger partial charge in [-0.1, -0.05) is 12.1 Å². The van der Waals surface area contributed by atoms with Gasteiger partial charge in [0.25, 0.3) is 5.91 Å². The highest BCUT2D eigenvalue weighted by Crippen LogP contribution is 2.17. The minimum atomic E-state index is -0.217. The SMILES string of the molecule is Cn1cc(C(=O)Nc2ccccc2N)cn1. The molecule has 16 heavy (non-hydrogen) atoms. The summed E-state index contributed by atoms with van der Waals surface area (Å²) in [5, 5.41) is 6.65. The van der Waals surface area contributed by atoms with E-state index in [1.54, 1.807) is 30.1 Å². The molecule has 0 saturated heterocycles. The van der Waals surface area contributed by atoms with Gasteiger partial charge in [-0.25, -0.2) is 0 Å². The van der Waals surface area contributed by atoms with E-state index in [2.05, 4.69) is 10.4 Å². The number of carbonyl (C=O) groups excluding carboxylic acids is 1. The van der Waals surface area contributed by atoms with Crippen molar-refractivity contribution < 1.29 is 4.79 Å². The molecule has 1 heterocycles. The number of para-hydroxylation sites is 2. The zero-order valence-electron chi connectivity index (χ0n) is 8.84. The van der Waals surface area contributed by atoms with Crippen molar-refractivity contribution in [2.45, 2.75) is 0 Å². The molecule has 0 saturated carbocycles. The lowest BCUT2D eigenvalue weighted by Crippen LogP contribution is -2.12. The van der Waals surface area contributed by atoms with Gasteiger partial charge in [-0.05, 0) is 12.1 Å². The molecular formula is C11H12N4O. The second-order valence-corrected chi connectivity index (χ2v) is 3.44. The van der Waals surface area contributed by atoms with Crippen molar-refractivity contribution in [2.24, 2.45) is 7.05 Å². The van der Waals surface area contributed by atoms with Crippen LogP contribution in [0.2, 0.25) is 0 Å². The summed E-state index contributed by atoms with van der Waals surface area (Å²) in [5.74, 6) is -0.217. The molecule has 2 rings (SSSR count). The third-order valence-corrected chi connectivity index (χ3v) is 2.18. The number of hydrogen-bond acceptors (Lipinski definition) is 3. The summed E-state index contributed by atoms with van der Waals surface area (Å²) in [6.07, 6.45) is 3.16. The zero-order valence-corrected chi connectivity index (χ0v) is 8.84. The van der Waals surface area contributed by atoms with Gasteiger partial charge in [-0.2, -0.15) is 5.10 Å². The Labute approximate surface area is 92.9 Å². The summed E-state index contributed by atoms with van der Waals surface area (Å²) >= 11 is 0. The fraction of sp³-hybridized carbons (Fsp3) is 0.0909. The summed E-state index contributed by atoms with van der Waals surface area (Å²) in [6.45, 7) is 0. The molecule has 1 amide bonds. The van der Waals surface area contributed by atoms with Crippen LogP contribution < -0.4 is 11.1 Å². The maximum absolute atomic E-state index is 11.8. The summed E-state index contributed by atoms with van der Waals surface area (Å²) in [4.78, 5) is 11.8. The van der Waals surface area contributed by atoms with E-state index in [0.29, 0.717) is 16.9 Å². The van der Waals surface area contributed by atoms with Crippen LogP contribution in [0.5, 0.6) is 0 Å². The highest BCUT2D eigenvalue weighted by atomic mass is 16.1. The van der Waals surface area contributed by atoms with E-state index in [1.807, 2.05) is 12.1 Å². The van der Waals surface area contributed by atoms with E-state index in [1.165, 1.54) is 6.20 Å². The van der Waals surface area contributed by atoms with Crippen LogP contribution in [-0.4, -0.2) is 15.7 Å². The third-order valence-electron chi connectivity index (χ3n) is 2.18. The van der Waals surface area contributed by atoms with Gasteiger partial charge < -0.3 is 11.1 Å². The topological polar surface area (TPSA) is 72.9 Å². The first-order chi connectivity index (χ1) is 7.66. The minimum Gasteiger partial charge on any atom is -0.397 e. The Hall–Kier alpha value is -2.30. The quantitative estimate of drug-likeness (QED) is 0.742. The zero-order chi connectivity index (χ0) is 11.5. The summed E-state index contributed by atoms with van der Waals surface area (Å²) in [7, 11) is 1.76. The Morgan fingerprint density at radius 2 is 2.19 bits per heavy atom. The van der Waals surface area contributed by atoms with Gasteiger partial charge >= 0.3 is 0 Å². The number of anilines is 2. The molecule has 1 aromatic heterocycles. The number of nitrogen functional groups attached to an aromatic ring is 1. The van der Waals surface area contributed by atoms with E-state index in [0.717, 1.165) is 0 Å². The molecule has 0 bridgehead atoms. The van der Waals surface area contributed by atoms with Gasteiger partial charge in [0.05, 0.1) is 23.1 Å². The van der Waals surface area contributed by atoms with E-state index in [4.69, 9.17) is 5.73 Å². The van der Waals surface area contributed by atoms with Crippen molar-refractivity contribution in [1.82, 2.24) is 9.78 Å². The molecule has 3 N–H and O–H groups in total. The van der Waals surface area contributed by atoms with Crippen molar-refractivity contribution in [3.8, 4) is 0 Å². The lowest BCUT2D eigenvalue weighted by molar-refractivity contribution is 0.102. The fourth-order valence-electron chi connectivity index (χ4n) is 1.34. The maximum Gasteiger partial charge on any atom is 0.258 e. The molecule has 1 aromatic carbocycles. The molecule has 0 radical (unpaired) electrons. The molecule has 0 spiro atoms. The lowest BCUT2D eigenvalue weighted by atomic mass is 10.2. The summed E-state index contributed by atoms with van der Waals surface area (Å²) in [5.41, 5.74) is 7.37. The second-order valence-electron chi connectivity index (χ2n) is 3.44. The van der Waals surface area contributed by atoms with Crippen LogP contribution in [0.3, 0.4) is 0 Å². The number of aryl methyl sites for hydroxylation is 1. The van der Waals surface area contributed by atoms with Crippen molar-refractivity contribution in [2.75, 3.05) is 11.1 Å². The van der Waals surface area contributed by atoms with E-state index in [-0.39, 0.29) is 5.91 Å². The molecule has 0 aliphatic carbocycles. The average Bonchev–Trinajstić information content (AvgIpc) is 2.68. The molecule has 0 aliphatic rings. The number of aromatic nitrogens is 2. The highest BCUT2D eigenvalue weighted by molar-refractivity contribution is 6.05. The molecule has 0 aliphatic heterocycles. The van der Waals surface area contributed by atoms with Gasteiger partial charge in [-0.15, -0.1) is 0 Å². The molecule has 0 atom stereocenters. The number of rotatable bonds is 2. The van der Waals surface area contributed by atoms with Gasteiger partial charge in [0, 0.05) is 13.2 Å². The number of hydrogen-bond donors (Lipinski definition) is 2. The lowest BCUT2D eigenvalue weighted by Gasteiger charge is -2.05. The smallest absolute Gasteiger partial charge is 0.258 e. The summed E-state index contributed by atoms with van der Waals surface area (Å²) < 4.78 is 1.57. The number of nitrogens with one attached hydrogen (secondary N) is 1. The Balaban J connectivity index is 2.17. The Bertz CT molecular complexity index is 518. The van der Waals surface area contributed by atoms with Crippen LogP contribution >= 0.6 is 0 Å². The highest BCUT2D eigenvalue weighted by Gasteiger charge is 2.08. The monoisotopic (exact) mass is 216 g/mol. The normalized spacial score (nSPS) is 10.1. The number of nitrogens with zero attached hydrogens (tertiary/aromatic N) is 2. The number of amides is 1. The molecular weight excluding hydrogens is 204 g/mol. The molecule has 0 fully saturated rings. The van der Waals surface area contributed by atoms with Crippen LogP contribution in [0.15, 0.2) is 36.7 Å². The van der Waals surface area contributed by atoms with Gasteiger partial charge in [0.2, 0.25) is 0 Å². The molecule has 5 nitrogen and oxygen atoms in total. The van der Waals surface area contributed by atoms with Crippen LogP contribution in [-0.2, 0) is 7.05 Å². The van der Waals surface area contributed by atoms with Crippen molar-refractivity contribution in [1.29, 1.82) is 0 Å². The predicted molar refractivity (Wildman–Crippen MR) is 62.0 cm³/mol. The third kappa shape index (κ3) is 2.03. The van der Waals surface area contributed by atoms with Crippen molar-refractivity contribution in [3.05, 3.63) is 42.2 Å². The maximum atomic E-state index is 11.8. The standard InChI is InChI=1S/C11H12N4O/c1-15-7-8(6-13-15)11(16)14-10-5-3-2-4-9(10)12/h2-7H,12H2,1H3,(H,14,16). The predicted octanol–water partition coefficient (Wildman–Crippen LogP) is 1.25. The van der Waals surface area contributed by atoms with Crippen LogP contribution in [0, 0.1) is 0 Å². The average molecular weight is 216 g/mol. The summed E-state index contributed by atoms with van der Waals surface area (Å²) in [6, 6.07) is 7.12. The van der Waals surface area contributed by atoms with Gasteiger partial charge in [0.1, 0.15) is 0 Å². The van der Waals surface area contributed by atoms with Gasteiger partial charge in [-0.3, -0.25) is 9.48 Å².